The maximum atomic E-state index is 13.3. The van der Waals surface area contributed by atoms with E-state index in [9.17, 15) is 19.2 Å². The highest BCUT2D eigenvalue weighted by Crippen LogP contribution is 2.19. The fourth-order valence-corrected chi connectivity index (χ4v) is 3.78. The van der Waals surface area contributed by atoms with E-state index in [2.05, 4.69) is 10.6 Å². The molecule has 10 heteroatoms. The van der Waals surface area contributed by atoms with E-state index >= 15 is 0 Å². The number of nitrogens with one attached hydrogen (secondary N) is 2. The molecule has 0 saturated heterocycles. The Kier molecular flexibility index (Phi) is 11.5. The second kappa shape index (κ2) is 15.5. The zero-order chi connectivity index (χ0) is 28.7. The maximum absolute atomic E-state index is 13.3. The number of methoxy groups -OCH3 is 2. The van der Waals surface area contributed by atoms with Gasteiger partial charge < -0.3 is 29.6 Å². The van der Waals surface area contributed by atoms with Crippen molar-refractivity contribution in [3.8, 4) is 5.75 Å². The van der Waals surface area contributed by atoms with Crippen LogP contribution in [0.25, 0.3) is 0 Å². The van der Waals surface area contributed by atoms with Crippen molar-refractivity contribution in [1.29, 1.82) is 0 Å². The third-order valence-electron chi connectivity index (χ3n) is 5.85. The molecule has 0 aliphatic heterocycles. The fraction of sp³-hybridized carbons (Fsp3) is 0.267. The summed E-state index contributed by atoms with van der Waals surface area (Å²) >= 11 is 0. The van der Waals surface area contributed by atoms with Gasteiger partial charge in [0, 0.05) is 6.42 Å². The summed E-state index contributed by atoms with van der Waals surface area (Å²) in [7, 11) is 2.69. The Bertz CT molecular complexity index is 1210. The summed E-state index contributed by atoms with van der Waals surface area (Å²) in [6.07, 6.45) is -1.37. The quantitative estimate of drug-likeness (QED) is 0.246. The summed E-state index contributed by atoms with van der Waals surface area (Å²) < 4.78 is 20.8. The van der Waals surface area contributed by atoms with Crippen LogP contribution in [-0.4, -0.2) is 50.2 Å². The maximum Gasteiger partial charge on any atom is 0.408 e. The van der Waals surface area contributed by atoms with Crippen LogP contribution in [0.1, 0.15) is 23.1 Å². The lowest BCUT2D eigenvalue weighted by Crippen LogP contribution is -2.53. The largest absolute Gasteiger partial charge is 0.496 e. The van der Waals surface area contributed by atoms with Crippen molar-refractivity contribution in [2.45, 2.75) is 38.1 Å². The number of carbonyl (C=O) groups is 4. The molecule has 0 radical (unpaired) electrons. The average molecular weight is 549 g/mol. The molecule has 0 fully saturated rings. The Labute approximate surface area is 232 Å². The van der Waals surface area contributed by atoms with Gasteiger partial charge in [-0.3, -0.25) is 9.59 Å². The molecule has 0 heterocycles. The topological polar surface area (TPSA) is 129 Å². The molecule has 3 aromatic rings. The summed E-state index contributed by atoms with van der Waals surface area (Å²) in [5, 5.41) is 4.99. The van der Waals surface area contributed by atoms with Gasteiger partial charge in [-0.2, -0.15) is 0 Å². The number of ether oxygens (including phenoxy) is 4. The highest BCUT2D eigenvalue weighted by atomic mass is 16.6. The van der Waals surface area contributed by atoms with Gasteiger partial charge in [0.25, 0.3) is 0 Å². The van der Waals surface area contributed by atoms with E-state index in [-0.39, 0.29) is 19.6 Å². The number of para-hydroxylation sites is 1. The molecule has 0 aliphatic carbocycles. The Morgan fingerprint density at radius 2 is 1.27 bits per heavy atom. The fourth-order valence-electron chi connectivity index (χ4n) is 3.78. The van der Waals surface area contributed by atoms with Crippen LogP contribution in [0, 0.1) is 0 Å². The molecule has 210 valence electrons. The average Bonchev–Trinajstić information content (AvgIpc) is 2.99. The molecule has 0 unspecified atom stereocenters. The van der Waals surface area contributed by atoms with E-state index in [1.807, 2.05) is 12.1 Å². The van der Waals surface area contributed by atoms with E-state index in [1.54, 1.807) is 72.8 Å². The lowest BCUT2D eigenvalue weighted by atomic mass is 10.0. The minimum absolute atomic E-state index is 0.00888. The minimum atomic E-state index is -1.39. The molecular weight excluding hydrogens is 516 g/mol. The van der Waals surface area contributed by atoms with Crippen LogP contribution >= 0.6 is 0 Å². The molecule has 3 rings (SSSR count). The van der Waals surface area contributed by atoms with Crippen molar-refractivity contribution in [3.05, 3.63) is 102 Å². The van der Waals surface area contributed by atoms with Crippen molar-refractivity contribution < 1.29 is 38.1 Å². The SMILES string of the molecule is COC(=O)[C@H](Cc1ccccc1OC)NC(=O)[C@H](CC(=O)OCc1ccccc1)NC(=O)OCc1ccccc1. The molecule has 0 aromatic heterocycles. The van der Waals surface area contributed by atoms with Gasteiger partial charge in [0.1, 0.15) is 31.0 Å². The van der Waals surface area contributed by atoms with Gasteiger partial charge in [0.05, 0.1) is 20.6 Å². The Balaban J connectivity index is 1.71. The number of hydrogen-bond acceptors (Lipinski definition) is 8. The van der Waals surface area contributed by atoms with Gasteiger partial charge in [-0.05, 0) is 22.8 Å². The monoisotopic (exact) mass is 548 g/mol. The number of rotatable bonds is 13. The number of alkyl carbamates (subject to hydrolysis) is 1. The van der Waals surface area contributed by atoms with E-state index in [1.165, 1.54) is 14.2 Å². The van der Waals surface area contributed by atoms with Crippen molar-refractivity contribution in [2.75, 3.05) is 14.2 Å². The Hall–Kier alpha value is -4.86. The summed E-state index contributed by atoms with van der Waals surface area (Å²) in [4.78, 5) is 51.1. The lowest BCUT2D eigenvalue weighted by Gasteiger charge is -2.22. The smallest absolute Gasteiger partial charge is 0.408 e. The third kappa shape index (κ3) is 9.46. The van der Waals surface area contributed by atoms with Crippen molar-refractivity contribution >= 4 is 23.9 Å². The second-order valence-corrected chi connectivity index (χ2v) is 8.71. The standard InChI is InChI=1S/C30H32N2O8/c1-37-26-16-10-9-15-23(26)17-25(29(35)38-2)31-28(34)24(18-27(33)39-19-21-11-5-3-6-12-21)32-30(36)40-20-22-13-7-4-8-14-22/h3-16,24-25H,17-20H2,1-2H3,(H,31,34)(H,32,36)/t24-,25-/m0/s1. The summed E-state index contributed by atoms with van der Waals surface area (Å²) in [5.41, 5.74) is 2.15. The number of esters is 2. The van der Waals surface area contributed by atoms with Crippen LogP contribution in [-0.2, 0) is 48.2 Å². The number of amides is 2. The summed E-state index contributed by atoms with van der Waals surface area (Å²) in [6, 6.07) is 22.5. The molecule has 0 bridgehead atoms. The molecule has 2 amide bonds. The van der Waals surface area contributed by atoms with Gasteiger partial charge in [-0.25, -0.2) is 9.59 Å². The Morgan fingerprint density at radius 1 is 0.700 bits per heavy atom. The molecular formula is C30H32N2O8. The van der Waals surface area contributed by atoms with Crippen LogP contribution in [0.3, 0.4) is 0 Å². The first-order valence-corrected chi connectivity index (χ1v) is 12.6. The molecule has 3 aromatic carbocycles. The highest BCUT2D eigenvalue weighted by molar-refractivity contribution is 5.92. The lowest BCUT2D eigenvalue weighted by molar-refractivity contribution is -0.147. The summed E-state index contributed by atoms with van der Waals surface area (Å²) in [5.74, 6) is -1.71. The number of benzene rings is 3. The summed E-state index contributed by atoms with van der Waals surface area (Å²) in [6.45, 7) is -0.0525. The molecule has 2 atom stereocenters. The highest BCUT2D eigenvalue weighted by Gasteiger charge is 2.30. The molecule has 40 heavy (non-hydrogen) atoms. The first-order chi connectivity index (χ1) is 19.4. The predicted molar refractivity (Wildman–Crippen MR) is 145 cm³/mol. The van der Waals surface area contributed by atoms with Crippen LogP contribution < -0.4 is 15.4 Å². The van der Waals surface area contributed by atoms with Crippen LogP contribution in [0.4, 0.5) is 4.79 Å². The van der Waals surface area contributed by atoms with E-state index in [0.29, 0.717) is 11.3 Å². The third-order valence-corrected chi connectivity index (χ3v) is 5.85. The zero-order valence-corrected chi connectivity index (χ0v) is 22.3. The normalized spacial score (nSPS) is 11.8. The molecule has 0 saturated carbocycles. The van der Waals surface area contributed by atoms with Crippen LogP contribution in [0.15, 0.2) is 84.9 Å². The molecule has 10 nitrogen and oxygen atoms in total. The van der Waals surface area contributed by atoms with Crippen molar-refractivity contribution in [3.63, 3.8) is 0 Å². The van der Waals surface area contributed by atoms with Gasteiger partial charge in [-0.1, -0.05) is 78.9 Å². The zero-order valence-electron chi connectivity index (χ0n) is 22.3. The van der Waals surface area contributed by atoms with Crippen molar-refractivity contribution in [2.24, 2.45) is 0 Å². The van der Waals surface area contributed by atoms with E-state index < -0.39 is 42.4 Å². The Morgan fingerprint density at radius 3 is 1.88 bits per heavy atom. The van der Waals surface area contributed by atoms with E-state index in [0.717, 1.165) is 11.1 Å². The van der Waals surface area contributed by atoms with Gasteiger partial charge in [0.2, 0.25) is 5.91 Å². The van der Waals surface area contributed by atoms with Gasteiger partial charge in [0.15, 0.2) is 0 Å². The predicted octanol–water partition coefficient (Wildman–Crippen LogP) is 3.32. The first kappa shape index (κ1) is 29.7. The number of hydrogen-bond donors (Lipinski definition) is 2. The number of carbonyl (C=O) groups excluding carboxylic acids is 4. The van der Waals surface area contributed by atoms with Crippen LogP contribution in [0.5, 0.6) is 5.75 Å². The molecule has 0 spiro atoms. The molecule has 0 aliphatic rings. The molecule has 2 N–H and O–H groups in total. The van der Waals surface area contributed by atoms with Gasteiger partial charge >= 0.3 is 18.0 Å². The van der Waals surface area contributed by atoms with Crippen molar-refractivity contribution in [1.82, 2.24) is 10.6 Å². The van der Waals surface area contributed by atoms with Gasteiger partial charge in [-0.15, -0.1) is 0 Å². The van der Waals surface area contributed by atoms with Crippen LogP contribution in [0.2, 0.25) is 0 Å². The van der Waals surface area contributed by atoms with E-state index in [4.69, 9.17) is 18.9 Å². The first-order valence-electron chi connectivity index (χ1n) is 12.6. The minimum Gasteiger partial charge on any atom is -0.496 e. The second-order valence-electron chi connectivity index (χ2n) is 8.71.